The average molecular weight is 332 g/mol. The molecule has 1 N–H and O–H groups in total. The van der Waals surface area contributed by atoms with Gasteiger partial charge in [-0.15, -0.1) is 0 Å². The van der Waals surface area contributed by atoms with Gasteiger partial charge in [-0.05, 0) is 24.7 Å². The Morgan fingerprint density at radius 2 is 2.05 bits per heavy atom. The van der Waals surface area contributed by atoms with Crippen LogP contribution in [0.2, 0.25) is 0 Å². The number of aliphatic hydroxyl groups is 1. The smallest absolute Gasteiger partial charge is 0.178 e. The Bertz CT molecular complexity index is 398. The van der Waals surface area contributed by atoms with E-state index in [2.05, 4.69) is 30.2 Å². The molecular weight excluding hydrogens is 303 g/mol. The number of fused-ring (bicyclic) bond motifs is 1. The van der Waals surface area contributed by atoms with Crippen molar-refractivity contribution >= 4 is 9.47 Å². The molecule has 128 valence electrons. The summed E-state index contributed by atoms with van der Waals surface area (Å²) in [4.78, 5) is 0. The first-order valence-corrected chi connectivity index (χ1v) is 8.86. The fraction of sp³-hybridized carbons (Fsp3) is 1.00. The van der Waals surface area contributed by atoms with E-state index in [9.17, 15) is 5.11 Å². The van der Waals surface area contributed by atoms with Crippen LogP contribution in [0.1, 0.15) is 52.9 Å². The van der Waals surface area contributed by atoms with Gasteiger partial charge < -0.3 is 23.8 Å². The molecule has 6 atom stereocenters. The molecule has 22 heavy (non-hydrogen) atoms. The van der Waals surface area contributed by atoms with E-state index in [4.69, 9.17) is 18.7 Å². The van der Waals surface area contributed by atoms with Crippen molar-refractivity contribution in [3.05, 3.63) is 0 Å². The lowest BCUT2D eigenvalue weighted by atomic mass is 9.75. The van der Waals surface area contributed by atoms with Crippen LogP contribution < -0.4 is 0 Å². The Morgan fingerprint density at radius 3 is 2.59 bits per heavy atom. The van der Waals surface area contributed by atoms with Crippen LogP contribution in [0.4, 0.5) is 0 Å². The van der Waals surface area contributed by atoms with Crippen LogP contribution in [-0.4, -0.2) is 36.2 Å². The number of aliphatic hydroxyl groups excluding tert-OH is 1. The van der Waals surface area contributed by atoms with Crippen LogP contribution in [0.5, 0.6) is 0 Å². The molecule has 0 spiro atoms. The minimum absolute atomic E-state index is 0.00767. The highest BCUT2D eigenvalue weighted by atomic mass is 31.0. The van der Waals surface area contributed by atoms with E-state index in [1.807, 2.05) is 0 Å². The average Bonchev–Trinajstić information content (AvgIpc) is 2.93. The number of hydrogen-bond donors (Lipinski definition) is 1. The SMILES string of the molecule is CCC(C)(C)C1(CC[C@H]2C(OP)CC3OC(O)CC32)OCO1. The zero-order chi connectivity index (χ0) is 16.0. The topological polar surface area (TPSA) is 57.2 Å². The maximum atomic E-state index is 9.75. The van der Waals surface area contributed by atoms with E-state index in [1.165, 1.54) is 0 Å². The fourth-order valence-corrected chi connectivity index (χ4v) is 4.67. The molecule has 3 aliphatic rings. The minimum atomic E-state index is -0.611. The predicted molar refractivity (Wildman–Crippen MR) is 84.8 cm³/mol. The summed E-state index contributed by atoms with van der Waals surface area (Å²) in [6.45, 7) is 6.98. The molecule has 3 rings (SSSR count). The maximum Gasteiger partial charge on any atom is 0.178 e. The summed E-state index contributed by atoms with van der Waals surface area (Å²) in [5.41, 5.74) is -0.00767. The molecule has 0 bridgehead atoms. The van der Waals surface area contributed by atoms with Gasteiger partial charge in [-0.1, -0.05) is 20.8 Å². The highest BCUT2D eigenvalue weighted by Crippen LogP contribution is 2.51. The van der Waals surface area contributed by atoms with E-state index in [0.717, 1.165) is 25.7 Å². The fourth-order valence-electron chi connectivity index (χ4n) is 4.36. The van der Waals surface area contributed by atoms with E-state index in [-0.39, 0.29) is 17.6 Å². The van der Waals surface area contributed by atoms with Crippen molar-refractivity contribution in [2.75, 3.05) is 6.79 Å². The zero-order valence-corrected chi connectivity index (χ0v) is 14.9. The second-order valence-electron chi connectivity index (χ2n) is 7.54. The molecule has 2 aliphatic heterocycles. The van der Waals surface area contributed by atoms with Gasteiger partial charge in [-0.3, -0.25) is 0 Å². The molecule has 0 amide bonds. The molecule has 2 heterocycles. The summed E-state index contributed by atoms with van der Waals surface area (Å²) < 4.78 is 23.0. The van der Waals surface area contributed by atoms with Gasteiger partial charge in [-0.25, -0.2) is 0 Å². The molecule has 1 aliphatic carbocycles. The maximum absolute atomic E-state index is 9.75. The first-order chi connectivity index (χ1) is 10.4. The largest absolute Gasteiger partial charge is 0.368 e. The van der Waals surface area contributed by atoms with Crippen LogP contribution in [0.3, 0.4) is 0 Å². The second kappa shape index (κ2) is 6.27. The Hall–Kier alpha value is 0.230. The van der Waals surface area contributed by atoms with Crippen molar-refractivity contribution in [3.63, 3.8) is 0 Å². The van der Waals surface area contributed by atoms with Crippen LogP contribution >= 0.6 is 9.47 Å². The van der Waals surface area contributed by atoms with Gasteiger partial charge >= 0.3 is 0 Å². The molecule has 2 saturated heterocycles. The van der Waals surface area contributed by atoms with E-state index in [1.54, 1.807) is 0 Å². The van der Waals surface area contributed by atoms with Gasteiger partial charge in [0.25, 0.3) is 0 Å². The quantitative estimate of drug-likeness (QED) is 0.758. The third-order valence-electron chi connectivity index (χ3n) is 6.26. The third kappa shape index (κ3) is 2.74. The Balaban J connectivity index is 1.66. The molecule has 0 aromatic carbocycles. The van der Waals surface area contributed by atoms with E-state index < -0.39 is 12.1 Å². The molecule has 5 nitrogen and oxygen atoms in total. The van der Waals surface area contributed by atoms with Gasteiger partial charge in [0, 0.05) is 34.1 Å². The van der Waals surface area contributed by atoms with Crippen molar-refractivity contribution in [2.45, 2.75) is 77.2 Å². The van der Waals surface area contributed by atoms with Crippen molar-refractivity contribution in [1.29, 1.82) is 0 Å². The monoisotopic (exact) mass is 332 g/mol. The molecular formula is C16H29O5P. The summed E-state index contributed by atoms with van der Waals surface area (Å²) in [7, 11) is 2.39. The highest BCUT2D eigenvalue weighted by molar-refractivity contribution is 7.09. The number of ether oxygens (including phenoxy) is 3. The van der Waals surface area contributed by atoms with Gasteiger partial charge in [-0.2, -0.15) is 0 Å². The Labute approximate surface area is 135 Å². The predicted octanol–water partition coefficient (Wildman–Crippen LogP) is 2.82. The zero-order valence-electron chi connectivity index (χ0n) is 13.8. The van der Waals surface area contributed by atoms with Crippen molar-refractivity contribution in [2.24, 2.45) is 17.3 Å². The van der Waals surface area contributed by atoms with Crippen LogP contribution in [0.25, 0.3) is 0 Å². The van der Waals surface area contributed by atoms with Gasteiger partial charge in [0.15, 0.2) is 18.9 Å². The van der Waals surface area contributed by atoms with E-state index in [0.29, 0.717) is 25.0 Å². The minimum Gasteiger partial charge on any atom is -0.368 e. The van der Waals surface area contributed by atoms with E-state index >= 15 is 0 Å². The summed E-state index contributed by atoms with van der Waals surface area (Å²) in [6, 6.07) is 0. The van der Waals surface area contributed by atoms with Crippen molar-refractivity contribution in [1.82, 2.24) is 0 Å². The summed E-state index contributed by atoms with van der Waals surface area (Å²) >= 11 is 0. The lowest BCUT2D eigenvalue weighted by Gasteiger charge is -2.52. The van der Waals surface area contributed by atoms with Crippen LogP contribution in [0, 0.1) is 17.3 Å². The summed E-state index contributed by atoms with van der Waals surface area (Å²) in [6.07, 6.45) is 4.11. The van der Waals surface area contributed by atoms with Gasteiger partial charge in [0.05, 0.1) is 12.2 Å². The van der Waals surface area contributed by atoms with Crippen molar-refractivity contribution in [3.8, 4) is 0 Å². The first kappa shape index (κ1) is 17.1. The van der Waals surface area contributed by atoms with Crippen LogP contribution in [0.15, 0.2) is 0 Å². The molecule has 3 fully saturated rings. The van der Waals surface area contributed by atoms with Gasteiger partial charge in [0.2, 0.25) is 0 Å². The summed E-state index contributed by atoms with van der Waals surface area (Å²) in [5, 5.41) is 9.75. The lowest BCUT2D eigenvalue weighted by molar-refractivity contribution is -0.439. The number of hydrogen-bond acceptors (Lipinski definition) is 5. The normalized spacial score (nSPS) is 40.5. The van der Waals surface area contributed by atoms with Crippen LogP contribution in [-0.2, 0) is 18.7 Å². The molecule has 0 aromatic rings. The molecule has 6 heteroatoms. The first-order valence-electron chi connectivity index (χ1n) is 8.39. The highest BCUT2D eigenvalue weighted by Gasteiger charge is 2.54. The summed E-state index contributed by atoms with van der Waals surface area (Å²) in [5.74, 6) is 0.294. The number of rotatable bonds is 6. The third-order valence-corrected chi connectivity index (χ3v) is 6.61. The van der Waals surface area contributed by atoms with Gasteiger partial charge in [0.1, 0.15) is 0 Å². The van der Waals surface area contributed by atoms with Crippen molar-refractivity contribution < 1.29 is 23.8 Å². The standard InChI is InChI=1S/C16H29O5P/c1-4-15(2,3)16(18-9-19-16)6-5-10-11-7-14(17)20-12(11)8-13(10)21-22/h10-14,17H,4-9,22H2,1-3H3/t10-,11?,12?,13?,14?/m1/s1. The Morgan fingerprint density at radius 1 is 1.32 bits per heavy atom. The molecule has 1 saturated carbocycles. The molecule has 0 radical (unpaired) electrons. The lowest BCUT2D eigenvalue weighted by Crippen LogP contribution is -2.57. The molecule has 0 aromatic heterocycles. The molecule has 5 unspecified atom stereocenters. The Kier molecular flexibility index (Phi) is 4.86. The second-order valence-corrected chi connectivity index (χ2v) is 7.81.